The van der Waals surface area contributed by atoms with Gasteiger partial charge in [0.25, 0.3) is 0 Å². The lowest BCUT2D eigenvalue weighted by Crippen LogP contribution is -2.56. The number of aromatic amines is 1. The zero-order chi connectivity index (χ0) is 16.5. The van der Waals surface area contributed by atoms with Crippen molar-refractivity contribution in [3.63, 3.8) is 0 Å². The Labute approximate surface area is 124 Å². The molecule has 8 heteroatoms. The average molecular weight is 309 g/mol. The van der Waals surface area contributed by atoms with E-state index in [0.717, 1.165) is 0 Å². The van der Waals surface area contributed by atoms with Gasteiger partial charge < -0.3 is 35.3 Å². The second-order valence-electron chi connectivity index (χ2n) is 4.90. The number of nitrogens with one attached hydrogen (secondary N) is 1. The molecule has 22 heavy (non-hydrogen) atoms. The summed E-state index contributed by atoms with van der Waals surface area (Å²) < 4.78 is 0. The van der Waals surface area contributed by atoms with Crippen molar-refractivity contribution in [2.45, 2.75) is 23.9 Å². The lowest BCUT2D eigenvalue weighted by molar-refractivity contribution is -0.194. The second-order valence-corrected chi connectivity index (χ2v) is 4.90. The van der Waals surface area contributed by atoms with Gasteiger partial charge in [-0.3, -0.25) is 0 Å². The second kappa shape index (κ2) is 5.85. The highest BCUT2D eigenvalue weighted by Gasteiger charge is 2.50. The van der Waals surface area contributed by atoms with Crippen LogP contribution in [0.1, 0.15) is 5.69 Å². The predicted molar refractivity (Wildman–Crippen MR) is 73.9 cm³/mol. The van der Waals surface area contributed by atoms with Gasteiger partial charge in [-0.1, -0.05) is 18.2 Å². The molecule has 118 valence electrons. The lowest BCUT2D eigenvalue weighted by Gasteiger charge is -2.35. The fourth-order valence-corrected chi connectivity index (χ4v) is 2.26. The number of carbonyl (C=O) groups excluding carboxylic acids is 1. The van der Waals surface area contributed by atoms with Crippen molar-refractivity contribution in [3.05, 3.63) is 36.0 Å². The minimum absolute atomic E-state index is 0.0523. The third-order valence-corrected chi connectivity index (χ3v) is 3.54. The van der Waals surface area contributed by atoms with Gasteiger partial charge in [-0.2, -0.15) is 0 Å². The fraction of sp³-hybridized carbons (Fsp3) is 0.286. The maximum atomic E-state index is 10.9. The molecule has 1 heterocycles. The summed E-state index contributed by atoms with van der Waals surface area (Å²) in [6.45, 7) is 0. The Bertz CT molecular complexity index is 664. The number of fused-ring (bicyclic) bond motifs is 1. The van der Waals surface area contributed by atoms with Crippen molar-refractivity contribution in [2.24, 2.45) is 0 Å². The maximum Gasteiger partial charge on any atom is 0.335 e. The van der Waals surface area contributed by atoms with E-state index in [1.165, 1.54) is 6.07 Å². The number of carboxylic acids is 1. The van der Waals surface area contributed by atoms with Gasteiger partial charge in [-0.15, -0.1) is 0 Å². The Hall–Kier alpha value is -2.26. The molecular weight excluding hydrogens is 294 g/mol. The summed E-state index contributed by atoms with van der Waals surface area (Å²) in [6.07, 6.45) is -6.93. The smallest absolute Gasteiger partial charge is 0.335 e. The van der Waals surface area contributed by atoms with E-state index in [0.29, 0.717) is 10.9 Å². The van der Waals surface area contributed by atoms with Crippen LogP contribution in [-0.2, 0) is 15.2 Å². The molecule has 6 N–H and O–H groups in total. The highest BCUT2D eigenvalue weighted by atomic mass is 16.4. The van der Waals surface area contributed by atoms with Crippen molar-refractivity contribution in [3.8, 4) is 0 Å². The first kappa shape index (κ1) is 16.1. The number of hydrogen-bond donors (Lipinski definition) is 6. The standard InChI is InChI=1S/C14H15NO7/c16-6-10(17)14(22,12(19)11(18)13(20)21)9-5-7-3-1-2-4-8(7)15-9/h1-6,10-12,15,17-19,22H,(H,20,21)/t10-,11-,12+,14+/m0/s1. The van der Waals surface area contributed by atoms with Gasteiger partial charge in [0.15, 0.2) is 18.0 Å². The number of hydrogen-bond acceptors (Lipinski definition) is 6. The fourth-order valence-electron chi connectivity index (χ4n) is 2.26. The largest absolute Gasteiger partial charge is 0.479 e. The van der Waals surface area contributed by atoms with E-state index in [1.807, 2.05) is 0 Å². The third-order valence-electron chi connectivity index (χ3n) is 3.54. The molecular formula is C14H15NO7. The molecule has 0 aliphatic carbocycles. The number of aliphatic hydroxyl groups is 4. The van der Waals surface area contributed by atoms with Gasteiger partial charge in [0.05, 0.1) is 5.69 Å². The van der Waals surface area contributed by atoms with Crippen molar-refractivity contribution in [1.29, 1.82) is 0 Å². The van der Waals surface area contributed by atoms with Gasteiger partial charge in [-0.05, 0) is 17.5 Å². The van der Waals surface area contributed by atoms with Crippen molar-refractivity contribution >= 4 is 23.2 Å². The summed E-state index contributed by atoms with van der Waals surface area (Å²) in [5.41, 5.74) is -2.37. The zero-order valence-corrected chi connectivity index (χ0v) is 11.2. The normalized spacial score (nSPS) is 18.4. The number of aldehydes is 1. The molecule has 0 unspecified atom stereocenters. The SMILES string of the molecule is O=C[C@H](O)[C@](O)(c1cc2ccccc2[nH]1)[C@H](O)[C@H](O)C(=O)O. The van der Waals surface area contributed by atoms with Gasteiger partial charge >= 0.3 is 5.97 Å². The monoisotopic (exact) mass is 309 g/mol. The molecule has 0 spiro atoms. The summed E-state index contributed by atoms with van der Waals surface area (Å²) in [5, 5.41) is 49.1. The zero-order valence-electron chi connectivity index (χ0n) is 11.2. The summed E-state index contributed by atoms with van der Waals surface area (Å²) in [5.74, 6) is -1.81. The lowest BCUT2D eigenvalue weighted by atomic mass is 9.84. The Morgan fingerprint density at radius 3 is 2.41 bits per heavy atom. The Morgan fingerprint density at radius 2 is 1.86 bits per heavy atom. The molecule has 1 aromatic carbocycles. The van der Waals surface area contributed by atoms with Crippen LogP contribution in [0.5, 0.6) is 0 Å². The van der Waals surface area contributed by atoms with Crippen LogP contribution in [-0.4, -0.2) is 61.1 Å². The highest BCUT2D eigenvalue weighted by molar-refractivity contribution is 5.81. The minimum atomic E-state index is -2.71. The van der Waals surface area contributed by atoms with Crippen LogP contribution in [0.2, 0.25) is 0 Å². The summed E-state index contributed by atoms with van der Waals surface area (Å²) in [6, 6.07) is 8.06. The topological polar surface area (TPSA) is 151 Å². The number of rotatable bonds is 6. The first-order chi connectivity index (χ1) is 10.3. The van der Waals surface area contributed by atoms with Crippen LogP contribution in [0.25, 0.3) is 10.9 Å². The molecule has 8 nitrogen and oxygen atoms in total. The molecule has 2 aromatic rings. The van der Waals surface area contributed by atoms with Gasteiger partial charge in [0.2, 0.25) is 0 Å². The molecule has 4 atom stereocenters. The predicted octanol–water partition coefficient (Wildman–Crippen LogP) is -1.28. The van der Waals surface area contributed by atoms with Crippen molar-refractivity contribution < 1.29 is 35.1 Å². The molecule has 0 aliphatic rings. The molecule has 0 amide bonds. The Morgan fingerprint density at radius 1 is 1.23 bits per heavy atom. The highest BCUT2D eigenvalue weighted by Crippen LogP contribution is 2.32. The van der Waals surface area contributed by atoms with E-state index in [9.17, 15) is 30.0 Å². The van der Waals surface area contributed by atoms with E-state index in [-0.39, 0.29) is 12.0 Å². The summed E-state index contributed by atoms with van der Waals surface area (Å²) in [4.78, 5) is 24.4. The van der Waals surface area contributed by atoms with E-state index in [4.69, 9.17) is 5.11 Å². The van der Waals surface area contributed by atoms with E-state index < -0.39 is 29.9 Å². The van der Waals surface area contributed by atoms with Crippen molar-refractivity contribution in [1.82, 2.24) is 4.98 Å². The maximum absolute atomic E-state index is 10.9. The number of benzene rings is 1. The first-order valence-electron chi connectivity index (χ1n) is 6.35. The quantitative estimate of drug-likeness (QED) is 0.364. The number of aliphatic carboxylic acids is 1. The summed E-state index contributed by atoms with van der Waals surface area (Å²) >= 11 is 0. The number of carbonyl (C=O) groups is 2. The third kappa shape index (κ3) is 2.48. The molecule has 0 radical (unpaired) electrons. The number of aliphatic hydroxyl groups excluding tert-OH is 3. The summed E-state index contributed by atoms with van der Waals surface area (Å²) in [7, 11) is 0. The minimum Gasteiger partial charge on any atom is -0.479 e. The van der Waals surface area contributed by atoms with Crippen LogP contribution in [0.15, 0.2) is 30.3 Å². The van der Waals surface area contributed by atoms with Crippen LogP contribution in [0.3, 0.4) is 0 Å². The van der Waals surface area contributed by atoms with Crippen LogP contribution >= 0.6 is 0 Å². The molecule has 2 rings (SSSR count). The Balaban J connectivity index is 2.58. The number of para-hydroxylation sites is 1. The van der Waals surface area contributed by atoms with E-state index in [2.05, 4.69) is 4.98 Å². The van der Waals surface area contributed by atoms with Gasteiger partial charge in [0.1, 0.15) is 12.2 Å². The first-order valence-corrected chi connectivity index (χ1v) is 6.35. The Kier molecular flexibility index (Phi) is 4.29. The van der Waals surface area contributed by atoms with E-state index >= 15 is 0 Å². The molecule has 1 aromatic heterocycles. The van der Waals surface area contributed by atoms with Crippen LogP contribution in [0, 0.1) is 0 Å². The molecule has 0 fully saturated rings. The molecule has 0 saturated heterocycles. The van der Waals surface area contributed by atoms with Gasteiger partial charge in [-0.25, -0.2) is 4.79 Å². The number of H-pyrrole nitrogens is 1. The average Bonchev–Trinajstić information content (AvgIpc) is 2.96. The molecule has 0 bridgehead atoms. The number of aromatic nitrogens is 1. The molecule has 0 saturated carbocycles. The van der Waals surface area contributed by atoms with Crippen LogP contribution < -0.4 is 0 Å². The van der Waals surface area contributed by atoms with Crippen LogP contribution in [0.4, 0.5) is 0 Å². The van der Waals surface area contributed by atoms with Gasteiger partial charge in [0, 0.05) is 5.52 Å². The molecule has 0 aliphatic heterocycles. The number of carboxylic acid groups (broad SMARTS) is 1. The van der Waals surface area contributed by atoms with Crippen molar-refractivity contribution in [2.75, 3.05) is 0 Å². The van der Waals surface area contributed by atoms with E-state index in [1.54, 1.807) is 24.3 Å².